The summed E-state index contributed by atoms with van der Waals surface area (Å²) in [6.45, 7) is 1.37. The van der Waals surface area contributed by atoms with Gasteiger partial charge in [0.1, 0.15) is 11.3 Å². The van der Waals surface area contributed by atoms with Gasteiger partial charge in [-0.3, -0.25) is 9.59 Å². The number of piperazine rings is 1. The Labute approximate surface area is 169 Å². The molecule has 2 amide bonds. The van der Waals surface area contributed by atoms with Gasteiger partial charge in [-0.05, 0) is 36.4 Å². The minimum absolute atomic E-state index is 0.111. The summed E-state index contributed by atoms with van der Waals surface area (Å²) in [5.41, 5.74) is 1.31. The van der Waals surface area contributed by atoms with Crippen LogP contribution in [0.15, 0.2) is 42.6 Å². The predicted octanol–water partition coefficient (Wildman–Crippen LogP) is 2.48. The number of H-pyrrole nitrogens is 1. The molecule has 2 aliphatic rings. The number of amides is 2. The maximum Gasteiger partial charge on any atom is 0.586 e. The number of nitrogens with one attached hydrogen (secondary N) is 1. The molecule has 8 nitrogen and oxygen atoms in total. The lowest BCUT2D eigenvalue weighted by molar-refractivity contribution is -0.286. The predicted molar refractivity (Wildman–Crippen MR) is 101 cm³/mol. The second kappa shape index (κ2) is 6.68. The number of pyridine rings is 1. The lowest BCUT2D eigenvalue weighted by Gasteiger charge is -2.34. The third-order valence-corrected chi connectivity index (χ3v) is 5.12. The van der Waals surface area contributed by atoms with Gasteiger partial charge in [-0.15, -0.1) is 8.78 Å². The van der Waals surface area contributed by atoms with E-state index >= 15 is 0 Å². The van der Waals surface area contributed by atoms with E-state index in [0.29, 0.717) is 37.5 Å². The first-order chi connectivity index (χ1) is 14.4. The summed E-state index contributed by atoms with van der Waals surface area (Å²) in [6, 6.07) is 9.37. The van der Waals surface area contributed by atoms with E-state index in [9.17, 15) is 18.4 Å². The molecule has 0 spiro atoms. The van der Waals surface area contributed by atoms with Crippen molar-refractivity contribution < 1.29 is 27.8 Å². The van der Waals surface area contributed by atoms with Crippen LogP contribution >= 0.6 is 0 Å². The summed E-state index contributed by atoms with van der Waals surface area (Å²) in [5, 5.41) is 0.850. The van der Waals surface area contributed by atoms with Crippen molar-refractivity contribution in [2.24, 2.45) is 0 Å². The standard InChI is InChI=1S/C20H16F2N4O4/c21-20(22)29-15-4-3-13(11-16(15)30-20)18(27)25-6-8-26(9-7-25)19(28)14-10-12-2-1-5-23-17(12)24-14/h1-5,10-11H,6-9H2,(H,23,24). The van der Waals surface area contributed by atoms with Gasteiger partial charge in [0.25, 0.3) is 11.8 Å². The summed E-state index contributed by atoms with van der Waals surface area (Å²) in [5.74, 6) is -0.768. The van der Waals surface area contributed by atoms with E-state index in [1.54, 1.807) is 28.1 Å². The summed E-state index contributed by atoms with van der Waals surface area (Å²) < 4.78 is 35.1. The zero-order chi connectivity index (χ0) is 20.9. The topological polar surface area (TPSA) is 87.8 Å². The van der Waals surface area contributed by atoms with Crippen molar-refractivity contribution in [3.63, 3.8) is 0 Å². The molecule has 0 aliphatic carbocycles. The third-order valence-electron chi connectivity index (χ3n) is 5.12. The second-order valence-corrected chi connectivity index (χ2v) is 7.04. The summed E-state index contributed by atoms with van der Waals surface area (Å²) in [7, 11) is 0. The Balaban J connectivity index is 1.25. The minimum atomic E-state index is -3.73. The van der Waals surface area contributed by atoms with Crippen molar-refractivity contribution in [3.8, 4) is 11.5 Å². The average Bonchev–Trinajstić information content (AvgIpc) is 3.31. The van der Waals surface area contributed by atoms with E-state index in [0.717, 1.165) is 5.39 Å². The monoisotopic (exact) mass is 414 g/mol. The molecular formula is C20H16F2N4O4. The van der Waals surface area contributed by atoms with E-state index in [2.05, 4.69) is 19.4 Å². The smallest absolute Gasteiger partial charge is 0.395 e. The highest BCUT2D eigenvalue weighted by Gasteiger charge is 2.43. The number of fused-ring (bicyclic) bond motifs is 2. The molecule has 3 aromatic rings. The molecule has 1 aromatic carbocycles. The quantitative estimate of drug-likeness (QED) is 0.696. The van der Waals surface area contributed by atoms with Crippen LogP contribution in [-0.4, -0.2) is 64.1 Å². The number of hydrogen-bond acceptors (Lipinski definition) is 5. The Morgan fingerprint density at radius 1 is 0.967 bits per heavy atom. The van der Waals surface area contributed by atoms with E-state index in [-0.39, 0.29) is 28.9 Å². The summed E-state index contributed by atoms with van der Waals surface area (Å²) in [4.78, 5) is 36.0. The van der Waals surface area contributed by atoms with E-state index in [1.165, 1.54) is 18.2 Å². The van der Waals surface area contributed by atoms with E-state index < -0.39 is 6.29 Å². The van der Waals surface area contributed by atoms with Crippen LogP contribution in [0.5, 0.6) is 11.5 Å². The second-order valence-electron chi connectivity index (χ2n) is 7.04. The van der Waals surface area contributed by atoms with Crippen LogP contribution < -0.4 is 9.47 Å². The van der Waals surface area contributed by atoms with Crippen LogP contribution in [0.2, 0.25) is 0 Å². The van der Waals surface area contributed by atoms with Crippen LogP contribution in [0.3, 0.4) is 0 Å². The molecule has 1 saturated heterocycles. The van der Waals surface area contributed by atoms with Crippen LogP contribution in [0.25, 0.3) is 11.0 Å². The fraction of sp³-hybridized carbons (Fsp3) is 0.250. The fourth-order valence-corrected chi connectivity index (χ4v) is 3.62. The molecule has 154 valence electrons. The van der Waals surface area contributed by atoms with Crippen molar-refractivity contribution in [1.82, 2.24) is 19.8 Å². The molecule has 2 aliphatic heterocycles. The molecule has 4 heterocycles. The highest BCUT2D eigenvalue weighted by atomic mass is 19.3. The molecule has 0 saturated carbocycles. The maximum absolute atomic E-state index is 13.2. The highest BCUT2D eigenvalue weighted by Crippen LogP contribution is 2.41. The van der Waals surface area contributed by atoms with Gasteiger partial charge in [0, 0.05) is 43.3 Å². The molecule has 0 unspecified atom stereocenters. The number of aromatic amines is 1. The molecule has 10 heteroatoms. The number of nitrogens with zero attached hydrogens (tertiary/aromatic N) is 3. The molecule has 30 heavy (non-hydrogen) atoms. The van der Waals surface area contributed by atoms with Crippen LogP contribution in [0.4, 0.5) is 8.78 Å². The molecular weight excluding hydrogens is 398 g/mol. The highest BCUT2D eigenvalue weighted by molar-refractivity contribution is 5.98. The third kappa shape index (κ3) is 3.19. The van der Waals surface area contributed by atoms with Crippen LogP contribution in [-0.2, 0) is 0 Å². The van der Waals surface area contributed by atoms with Crippen molar-refractivity contribution in [2.75, 3.05) is 26.2 Å². The molecule has 0 radical (unpaired) electrons. The Hall–Kier alpha value is -3.69. The molecule has 0 bridgehead atoms. The molecule has 5 rings (SSSR count). The maximum atomic E-state index is 13.2. The fourth-order valence-electron chi connectivity index (χ4n) is 3.62. The Bertz CT molecular complexity index is 1120. The largest absolute Gasteiger partial charge is 0.586 e. The molecule has 0 atom stereocenters. The van der Waals surface area contributed by atoms with Crippen molar-refractivity contribution in [1.29, 1.82) is 0 Å². The summed E-state index contributed by atoms with van der Waals surface area (Å²) in [6.07, 6.45) is -2.08. The molecule has 2 aromatic heterocycles. The van der Waals surface area contributed by atoms with Gasteiger partial charge < -0.3 is 24.3 Å². The summed E-state index contributed by atoms with van der Waals surface area (Å²) >= 11 is 0. The normalized spacial score (nSPS) is 17.4. The van der Waals surface area contributed by atoms with Gasteiger partial charge in [-0.1, -0.05) is 0 Å². The number of hydrogen-bond donors (Lipinski definition) is 1. The number of carbonyl (C=O) groups is 2. The number of alkyl halides is 2. The average molecular weight is 414 g/mol. The van der Waals surface area contributed by atoms with Gasteiger partial charge in [0.05, 0.1) is 0 Å². The van der Waals surface area contributed by atoms with E-state index in [1.807, 2.05) is 6.07 Å². The first-order valence-electron chi connectivity index (χ1n) is 9.32. The zero-order valence-corrected chi connectivity index (χ0v) is 15.6. The Kier molecular flexibility index (Phi) is 4.09. The molecule has 1 fully saturated rings. The first kappa shape index (κ1) is 18.3. The number of ether oxygens (including phenoxy) is 2. The van der Waals surface area contributed by atoms with E-state index in [4.69, 9.17) is 0 Å². The SMILES string of the molecule is O=C(c1ccc2c(c1)OC(F)(F)O2)N1CCN(C(=O)c2cc3cccnc3[nH]2)CC1. The Morgan fingerprint density at radius 3 is 2.40 bits per heavy atom. The van der Waals surface area contributed by atoms with Crippen LogP contribution in [0, 0.1) is 0 Å². The van der Waals surface area contributed by atoms with Gasteiger partial charge in [-0.2, -0.15) is 0 Å². The first-order valence-corrected chi connectivity index (χ1v) is 9.32. The van der Waals surface area contributed by atoms with Crippen molar-refractivity contribution >= 4 is 22.8 Å². The van der Waals surface area contributed by atoms with Crippen molar-refractivity contribution in [2.45, 2.75) is 6.29 Å². The number of rotatable bonds is 2. The Morgan fingerprint density at radius 2 is 1.67 bits per heavy atom. The minimum Gasteiger partial charge on any atom is -0.395 e. The number of carbonyl (C=O) groups excluding carboxylic acids is 2. The van der Waals surface area contributed by atoms with Gasteiger partial charge in [0.15, 0.2) is 11.5 Å². The van der Waals surface area contributed by atoms with Gasteiger partial charge >= 0.3 is 6.29 Å². The van der Waals surface area contributed by atoms with Crippen LogP contribution in [0.1, 0.15) is 20.8 Å². The van der Waals surface area contributed by atoms with Gasteiger partial charge in [-0.25, -0.2) is 4.98 Å². The number of aromatic nitrogens is 2. The number of halogens is 2. The zero-order valence-electron chi connectivity index (χ0n) is 15.6. The number of benzene rings is 1. The van der Waals surface area contributed by atoms with Crippen molar-refractivity contribution in [3.05, 3.63) is 53.9 Å². The lowest BCUT2D eigenvalue weighted by atomic mass is 10.1. The molecule has 1 N–H and O–H groups in total. The van der Waals surface area contributed by atoms with Gasteiger partial charge in [0.2, 0.25) is 0 Å². The lowest BCUT2D eigenvalue weighted by Crippen LogP contribution is -2.50.